The molecule has 0 aromatic heterocycles. The van der Waals surface area contributed by atoms with Gasteiger partial charge in [0, 0.05) is 12.1 Å². The van der Waals surface area contributed by atoms with Gasteiger partial charge in [0.15, 0.2) is 11.8 Å². The van der Waals surface area contributed by atoms with Crippen molar-refractivity contribution < 1.29 is 24.2 Å². The minimum absolute atomic E-state index is 0.0518. The summed E-state index contributed by atoms with van der Waals surface area (Å²) in [5, 5.41) is 12.4. The molecule has 0 bridgehead atoms. The lowest BCUT2D eigenvalue weighted by Gasteiger charge is -2.36. The summed E-state index contributed by atoms with van der Waals surface area (Å²) in [6, 6.07) is 6.22. The van der Waals surface area contributed by atoms with Crippen molar-refractivity contribution in [1.29, 1.82) is 0 Å². The van der Waals surface area contributed by atoms with E-state index < -0.39 is 23.4 Å². The van der Waals surface area contributed by atoms with Crippen LogP contribution in [0.25, 0.3) is 0 Å². The summed E-state index contributed by atoms with van der Waals surface area (Å²) in [6.45, 7) is 5.74. The van der Waals surface area contributed by atoms with E-state index in [2.05, 4.69) is 12.2 Å². The molecule has 6 heteroatoms. The molecule has 1 atom stereocenters. The number of nitrogens with one attached hydrogen (secondary N) is 1. The zero-order valence-electron chi connectivity index (χ0n) is 16.5. The molecule has 1 aliphatic carbocycles. The molecule has 1 saturated carbocycles. The van der Waals surface area contributed by atoms with Crippen LogP contribution in [0.15, 0.2) is 24.3 Å². The van der Waals surface area contributed by atoms with Crippen LogP contribution >= 0.6 is 0 Å². The van der Waals surface area contributed by atoms with E-state index in [1.54, 1.807) is 13.0 Å². The normalized spacial score (nSPS) is 16.8. The van der Waals surface area contributed by atoms with Crippen molar-refractivity contribution >= 4 is 23.4 Å². The third-order valence-corrected chi connectivity index (χ3v) is 5.42. The number of rotatable bonds is 10. The van der Waals surface area contributed by atoms with E-state index in [1.807, 2.05) is 18.2 Å². The zero-order valence-corrected chi connectivity index (χ0v) is 16.5. The van der Waals surface area contributed by atoms with Gasteiger partial charge in [-0.2, -0.15) is 0 Å². The Bertz CT molecular complexity index is 694. The lowest BCUT2D eigenvalue weighted by molar-refractivity contribution is -0.147. The SMILES string of the molecule is [CH2]Cc1ccccc1NC(C(=O)CC1(CC(=O)O)CCCCC1)C(=O)OCC. The van der Waals surface area contributed by atoms with Crippen LogP contribution < -0.4 is 5.32 Å². The summed E-state index contributed by atoms with van der Waals surface area (Å²) in [5.41, 5.74) is 0.974. The summed E-state index contributed by atoms with van der Waals surface area (Å²) in [4.78, 5) is 37.1. The molecule has 0 amide bonds. The molecule has 0 aliphatic heterocycles. The van der Waals surface area contributed by atoms with Crippen LogP contribution in [0, 0.1) is 12.3 Å². The summed E-state index contributed by atoms with van der Waals surface area (Å²) in [6.07, 6.45) is 4.75. The molecular formula is C22H30NO5. The van der Waals surface area contributed by atoms with Crippen LogP contribution in [0.4, 0.5) is 5.69 Å². The van der Waals surface area contributed by atoms with Crippen LogP contribution in [0.3, 0.4) is 0 Å². The second-order valence-electron chi connectivity index (χ2n) is 7.51. The standard InChI is InChI=1S/C22H30NO5/c1-3-16-10-6-7-11-17(16)23-20(21(27)28-4-2)18(24)14-22(15-19(25)26)12-8-5-9-13-22/h6-7,10-11,20,23H,1,3-5,8-9,12-15H2,2H3,(H,25,26). The quantitative estimate of drug-likeness (QED) is 0.468. The number of carbonyl (C=O) groups is 3. The number of hydrogen-bond donors (Lipinski definition) is 2. The highest BCUT2D eigenvalue weighted by molar-refractivity contribution is 6.06. The fourth-order valence-corrected chi connectivity index (χ4v) is 4.04. The molecule has 0 heterocycles. The number of benzene rings is 1. The molecule has 2 N–H and O–H groups in total. The van der Waals surface area contributed by atoms with E-state index in [9.17, 15) is 19.5 Å². The Morgan fingerprint density at radius 2 is 1.86 bits per heavy atom. The topological polar surface area (TPSA) is 92.7 Å². The monoisotopic (exact) mass is 388 g/mol. The fraction of sp³-hybridized carbons (Fsp3) is 0.545. The minimum Gasteiger partial charge on any atom is -0.481 e. The Hall–Kier alpha value is -2.37. The van der Waals surface area contributed by atoms with E-state index in [0.29, 0.717) is 24.9 Å². The average Bonchev–Trinajstić information content (AvgIpc) is 2.66. The van der Waals surface area contributed by atoms with Gasteiger partial charge in [-0.05, 0) is 50.2 Å². The number of Topliss-reactive ketones (excluding diaryl/α,β-unsaturated/α-hetero) is 1. The smallest absolute Gasteiger partial charge is 0.336 e. The fourth-order valence-electron chi connectivity index (χ4n) is 4.04. The van der Waals surface area contributed by atoms with Crippen LogP contribution in [-0.4, -0.2) is 35.5 Å². The van der Waals surface area contributed by atoms with E-state index >= 15 is 0 Å². The number of para-hydroxylation sites is 1. The van der Waals surface area contributed by atoms with E-state index in [0.717, 1.165) is 24.8 Å². The summed E-state index contributed by atoms with van der Waals surface area (Å²) in [7, 11) is 0. The van der Waals surface area contributed by atoms with Crippen LogP contribution in [0.1, 0.15) is 57.4 Å². The number of carboxylic acids is 1. The first-order chi connectivity index (χ1) is 13.4. The molecule has 28 heavy (non-hydrogen) atoms. The van der Waals surface area contributed by atoms with Crippen molar-refractivity contribution in [2.75, 3.05) is 11.9 Å². The van der Waals surface area contributed by atoms with Crippen LogP contribution in [0.2, 0.25) is 0 Å². The summed E-state index contributed by atoms with van der Waals surface area (Å²) >= 11 is 0. The molecule has 1 unspecified atom stereocenters. The molecule has 1 aliphatic rings. The second kappa shape index (κ2) is 10.2. The lowest BCUT2D eigenvalue weighted by Crippen LogP contribution is -2.42. The number of carbonyl (C=O) groups excluding carboxylic acids is 2. The van der Waals surface area contributed by atoms with Crippen molar-refractivity contribution in [3.8, 4) is 0 Å². The second-order valence-corrected chi connectivity index (χ2v) is 7.51. The molecule has 153 valence electrons. The highest BCUT2D eigenvalue weighted by Gasteiger charge is 2.40. The number of ether oxygens (including phenoxy) is 1. The Morgan fingerprint density at radius 3 is 2.46 bits per heavy atom. The molecular weight excluding hydrogens is 358 g/mol. The average molecular weight is 388 g/mol. The number of carboxylic acid groups (broad SMARTS) is 1. The van der Waals surface area contributed by atoms with Crippen molar-refractivity contribution in [1.82, 2.24) is 0 Å². The first-order valence-electron chi connectivity index (χ1n) is 9.95. The Kier molecular flexibility index (Phi) is 8.03. The molecule has 2 rings (SSSR count). The number of anilines is 1. The molecule has 1 radical (unpaired) electrons. The predicted molar refractivity (Wildman–Crippen MR) is 107 cm³/mol. The highest BCUT2D eigenvalue weighted by Crippen LogP contribution is 2.43. The maximum absolute atomic E-state index is 13.1. The lowest BCUT2D eigenvalue weighted by atomic mass is 9.68. The van der Waals surface area contributed by atoms with E-state index in [1.165, 1.54) is 0 Å². The molecule has 1 fully saturated rings. The zero-order chi connectivity index (χ0) is 20.6. The van der Waals surface area contributed by atoms with Gasteiger partial charge in [-0.3, -0.25) is 9.59 Å². The third-order valence-electron chi connectivity index (χ3n) is 5.42. The van der Waals surface area contributed by atoms with Crippen molar-refractivity contribution in [2.45, 2.75) is 64.3 Å². The van der Waals surface area contributed by atoms with Gasteiger partial charge in [0.1, 0.15) is 0 Å². The summed E-state index contributed by atoms with van der Waals surface area (Å²) < 4.78 is 5.12. The minimum atomic E-state index is -1.15. The highest BCUT2D eigenvalue weighted by atomic mass is 16.5. The molecule has 1 aromatic rings. The number of hydrogen-bond acceptors (Lipinski definition) is 5. The van der Waals surface area contributed by atoms with Gasteiger partial charge in [0.05, 0.1) is 13.0 Å². The molecule has 6 nitrogen and oxygen atoms in total. The molecule has 0 saturated heterocycles. The number of aliphatic carboxylic acids is 1. The van der Waals surface area contributed by atoms with Gasteiger partial charge >= 0.3 is 11.9 Å². The van der Waals surface area contributed by atoms with E-state index in [-0.39, 0.29) is 25.2 Å². The first-order valence-corrected chi connectivity index (χ1v) is 9.95. The van der Waals surface area contributed by atoms with Gasteiger partial charge < -0.3 is 15.2 Å². The Labute approximate surface area is 166 Å². The Morgan fingerprint density at radius 1 is 1.18 bits per heavy atom. The first kappa shape index (κ1) is 21.9. The maximum atomic E-state index is 13.1. The van der Waals surface area contributed by atoms with Gasteiger partial charge in [-0.15, -0.1) is 0 Å². The van der Waals surface area contributed by atoms with Gasteiger partial charge in [-0.25, -0.2) is 4.79 Å². The molecule has 1 aromatic carbocycles. The number of ketones is 1. The van der Waals surface area contributed by atoms with Gasteiger partial charge in [0.25, 0.3) is 0 Å². The van der Waals surface area contributed by atoms with Crippen molar-refractivity contribution in [2.24, 2.45) is 5.41 Å². The largest absolute Gasteiger partial charge is 0.481 e. The summed E-state index contributed by atoms with van der Waals surface area (Å²) in [5.74, 6) is -1.86. The third kappa shape index (κ3) is 5.81. The predicted octanol–water partition coefficient (Wildman–Crippen LogP) is 3.79. The molecule has 0 spiro atoms. The van der Waals surface area contributed by atoms with Crippen molar-refractivity contribution in [3.63, 3.8) is 0 Å². The maximum Gasteiger partial charge on any atom is 0.336 e. The Balaban J connectivity index is 2.25. The van der Waals surface area contributed by atoms with Crippen LogP contribution in [0.5, 0.6) is 0 Å². The van der Waals surface area contributed by atoms with Crippen LogP contribution in [-0.2, 0) is 25.5 Å². The van der Waals surface area contributed by atoms with Gasteiger partial charge in [-0.1, -0.05) is 37.5 Å². The van der Waals surface area contributed by atoms with Crippen molar-refractivity contribution in [3.05, 3.63) is 36.8 Å². The van der Waals surface area contributed by atoms with Gasteiger partial charge in [0.2, 0.25) is 0 Å². The number of esters is 1. The van der Waals surface area contributed by atoms with E-state index in [4.69, 9.17) is 4.74 Å².